The van der Waals surface area contributed by atoms with Crippen molar-refractivity contribution in [2.24, 2.45) is 0 Å². The van der Waals surface area contributed by atoms with Crippen LogP contribution in [0.4, 0.5) is 0 Å². The van der Waals surface area contributed by atoms with Crippen molar-refractivity contribution in [2.75, 3.05) is 13.1 Å². The number of halogens is 1. The van der Waals surface area contributed by atoms with Crippen molar-refractivity contribution in [1.29, 1.82) is 0 Å². The quantitative estimate of drug-likeness (QED) is 0.799. The Bertz CT molecular complexity index is 483. The van der Waals surface area contributed by atoms with Gasteiger partial charge in [0.25, 0.3) is 0 Å². The summed E-state index contributed by atoms with van der Waals surface area (Å²) in [7, 11) is -3.33. The van der Waals surface area contributed by atoms with Crippen molar-refractivity contribution >= 4 is 21.6 Å². The van der Waals surface area contributed by atoms with E-state index in [0.717, 1.165) is 31.5 Å². The van der Waals surface area contributed by atoms with Crippen molar-refractivity contribution in [1.82, 2.24) is 8.87 Å². The van der Waals surface area contributed by atoms with Gasteiger partial charge in [0.1, 0.15) is 4.90 Å². The summed E-state index contributed by atoms with van der Waals surface area (Å²) in [5.74, 6) is 0.337. The molecule has 2 heterocycles. The Balaban J connectivity index is 2.31. The molecule has 18 heavy (non-hydrogen) atoms. The number of aryl methyl sites for hydroxylation is 1. The SMILES string of the molecule is CCn1cc(S(=O)(=O)N2CCCCC2)cc1CCl. The molecule has 0 radical (unpaired) electrons. The molecule has 0 bridgehead atoms. The highest BCUT2D eigenvalue weighted by atomic mass is 35.5. The zero-order chi connectivity index (χ0) is 13.2. The van der Waals surface area contributed by atoms with E-state index in [-0.39, 0.29) is 0 Å². The van der Waals surface area contributed by atoms with E-state index in [0.29, 0.717) is 23.9 Å². The molecule has 0 amide bonds. The first kappa shape index (κ1) is 13.9. The molecule has 0 spiro atoms. The van der Waals surface area contributed by atoms with Gasteiger partial charge < -0.3 is 4.57 Å². The minimum atomic E-state index is -3.33. The largest absolute Gasteiger partial charge is 0.349 e. The van der Waals surface area contributed by atoms with Crippen LogP contribution < -0.4 is 0 Å². The third-order valence-electron chi connectivity index (χ3n) is 3.39. The van der Waals surface area contributed by atoms with Crippen molar-refractivity contribution in [3.63, 3.8) is 0 Å². The summed E-state index contributed by atoms with van der Waals surface area (Å²) in [6.45, 7) is 3.98. The predicted molar refractivity (Wildman–Crippen MR) is 72.3 cm³/mol. The summed E-state index contributed by atoms with van der Waals surface area (Å²) in [4.78, 5) is 0.377. The number of aromatic nitrogens is 1. The Hall–Kier alpha value is -0.520. The molecule has 1 fully saturated rings. The standard InChI is InChI=1S/C12H19ClN2O2S/c1-2-14-10-12(8-11(14)9-13)18(16,17)15-6-4-3-5-7-15/h8,10H,2-7,9H2,1H3. The zero-order valence-electron chi connectivity index (χ0n) is 10.6. The lowest BCUT2D eigenvalue weighted by Gasteiger charge is -2.25. The van der Waals surface area contributed by atoms with Crippen molar-refractivity contribution < 1.29 is 8.42 Å². The van der Waals surface area contributed by atoms with Crippen molar-refractivity contribution in [3.05, 3.63) is 18.0 Å². The van der Waals surface area contributed by atoms with E-state index in [1.165, 1.54) is 0 Å². The summed E-state index contributed by atoms with van der Waals surface area (Å²) in [6.07, 6.45) is 4.72. The van der Waals surface area contributed by atoms with Crippen LogP contribution in [0, 0.1) is 0 Å². The van der Waals surface area contributed by atoms with E-state index < -0.39 is 10.0 Å². The van der Waals surface area contributed by atoms with Crippen LogP contribution in [0.5, 0.6) is 0 Å². The fourth-order valence-corrected chi connectivity index (χ4v) is 4.14. The van der Waals surface area contributed by atoms with Crippen LogP contribution in [0.15, 0.2) is 17.2 Å². The molecule has 0 aromatic carbocycles. The lowest BCUT2D eigenvalue weighted by atomic mass is 10.2. The molecule has 1 saturated heterocycles. The van der Waals surface area contributed by atoms with Crippen LogP contribution in [-0.2, 0) is 22.4 Å². The fraction of sp³-hybridized carbons (Fsp3) is 0.667. The molecule has 0 aliphatic carbocycles. The van der Waals surface area contributed by atoms with E-state index in [1.807, 2.05) is 11.5 Å². The molecule has 1 aromatic heterocycles. The Kier molecular flexibility index (Phi) is 4.35. The first-order valence-corrected chi connectivity index (χ1v) is 8.32. The summed E-state index contributed by atoms with van der Waals surface area (Å²) in [6, 6.07) is 1.69. The van der Waals surface area contributed by atoms with E-state index in [9.17, 15) is 8.42 Å². The van der Waals surface area contributed by atoms with E-state index in [4.69, 9.17) is 11.6 Å². The topological polar surface area (TPSA) is 42.3 Å². The van der Waals surface area contributed by atoms with Crippen molar-refractivity contribution in [3.8, 4) is 0 Å². The minimum Gasteiger partial charge on any atom is -0.349 e. The molecule has 0 atom stereocenters. The first-order chi connectivity index (χ1) is 8.59. The lowest BCUT2D eigenvalue weighted by molar-refractivity contribution is 0.346. The summed E-state index contributed by atoms with van der Waals surface area (Å²) in [5, 5.41) is 0. The van der Waals surface area contributed by atoms with Gasteiger partial charge in [-0.15, -0.1) is 11.6 Å². The highest BCUT2D eigenvalue weighted by molar-refractivity contribution is 7.89. The maximum Gasteiger partial charge on any atom is 0.244 e. The van der Waals surface area contributed by atoms with Crippen LogP contribution in [0.2, 0.25) is 0 Å². The number of alkyl halides is 1. The molecule has 1 aromatic rings. The molecule has 4 nitrogen and oxygen atoms in total. The lowest BCUT2D eigenvalue weighted by Crippen LogP contribution is -2.35. The maximum absolute atomic E-state index is 12.5. The second kappa shape index (κ2) is 5.63. The predicted octanol–water partition coefficient (Wildman–Crippen LogP) is 2.42. The van der Waals surface area contributed by atoms with Crippen molar-refractivity contribution in [2.45, 2.75) is 43.5 Å². The highest BCUT2D eigenvalue weighted by Gasteiger charge is 2.27. The Morgan fingerprint density at radius 3 is 2.44 bits per heavy atom. The van der Waals surface area contributed by atoms with Crippen LogP contribution in [0.25, 0.3) is 0 Å². The average Bonchev–Trinajstić information content (AvgIpc) is 2.83. The third-order valence-corrected chi connectivity index (χ3v) is 5.53. The molecular formula is C12H19ClN2O2S. The van der Waals surface area contributed by atoms with Crippen LogP contribution in [-0.4, -0.2) is 30.4 Å². The van der Waals surface area contributed by atoms with Gasteiger partial charge in [0.15, 0.2) is 0 Å². The maximum atomic E-state index is 12.5. The minimum absolute atomic E-state index is 0.337. The summed E-state index contributed by atoms with van der Waals surface area (Å²) in [5.41, 5.74) is 0.856. The molecule has 2 rings (SSSR count). The Morgan fingerprint density at radius 1 is 1.28 bits per heavy atom. The van der Waals surface area contributed by atoms with Gasteiger partial charge in [-0.25, -0.2) is 8.42 Å². The third kappa shape index (κ3) is 2.58. The van der Waals surface area contributed by atoms with Gasteiger partial charge in [-0.2, -0.15) is 4.31 Å². The Labute approximate surface area is 114 Å². The van der Waals surface area contributed by atoms with E-state index >= 15 is 0 Å². The van der Waals surface area contributed by atoms with Gasteiger partial charge in [-0.05, 0) is 25.8 Å². The number of rotatable bonds is 4. The molecule has 1 aliphatic rings. The number of nitrogens with zero attached hydrogens (tertiary/aromatic N) is 2. The number of sulfonamides is 1. The van der Waals surface area contributed by atoms with Gasteiger partial charge in [0.05, 0.1) is 5.88 Å². The van der Waals surface area contributed by atoms with E-state index in [1.54, 1.807) is 16.6 Å². The average molecular weight is 291 g/mol. The number of hydrogen-bond acceptors (Lipinski definition) is 2. The molecule has 6 heteroatoms. The van der Waals surface area contributed by atoms with Gasteiger partial charge in [-0.3, -0.25) is 0 Å². The molecule has 102 valence electrons. The molecule has 0 N–H and O–H groups in total. The number of hydrogen-bond donors (Lipinski definition) is 0. The molecule has 0 unspecified atom stereocenters. The second-order valence-corrected chi connectivity index (χ2v) is 6.76. The first-order valence-electron chi connectivity index (χ1n) is 6.34. The van der Waals surface area contributed by atoms with Gasteiger partial charge in [0, 0.05) is 31.5 Å². The highest BCUT2D eigenvalue weighted by Crippen LogP contribution is 2.23. The van der Waals surface area contributed by atoms with Crippen LogP contribution in [0.3, 0.4) is 0 Å². The Morgan fingerprint density at radius 2 is 1.94 bits per heavy atom. The summed E-state index contributed by atoms with van der Waals surface area (Å²) >= 11 is 5.83. The van der Waals surface area contributed by atoms with Gasteiger partial charge in [-0.1, -0.05) is 6.42 Å². The number of piperidine rings is 1. The molecular weight excluding hydrogens is 272 g/mol. The van der Waals surface area contributed by atoms with Gasteiger partial charge in [0.2, 0.25) is 10.0 Å². The van der Waals surface area contributed by atoms with Crippen LogP contribution >= 0.6 is 11.6 Å². The smallest absolute Gasteiger partial charge is 0.244 e. The zero-order valence-corrected chi connectivity index (χ0v) is 12.2. The summed E-state index contributed by atoms with van der Waals surface area (Å²) < 4.78 is 28.4. The molecule has 1 aliphatic heterocycles. The second-order valence-electron chi connectivity index (χ2n) is 4.55. The van der Waals surface area contributed by atoms with E-state index in [2.05, 4.69) is 0 Å². The normalized spacial score (nSPS) is 18.1. The fourth-order valence-electron chi connectivity index (χ4n) is 2.33. The monoisotopic (exact) mass is 290 g/mol. The van der Waals surface area contributed by atoms with Crippen LogP contribution in [0.1, 0.15) is 31.9 Å². The van der Waals surface area contributed by atoms with Gasteiger partial charge >= 0.3 is 0 Å². The molecule has 0 saturated carbocycles.